The molecule has 0 aromatic heterocycles. The summed E-state index contributed by atoms with van der Waals surface area (Å²) in [5.41, 5.74) is 4.96. The molecule has 0 bridgehead atoms. The SMILES string of the molecule is NC1(C(=O)NCC(O)COc2ccc(F)cc2)CC1. The van der Waals surface area contributed by atoms with Gasteiger partial charge >= 0.3 is 0 Å². The second-order valence-electron chi connectivity index (χ2n) is 4.78. The van der Waals surface area contributed by atoms with Gasteiger partial charge in [-0.15, -0.1) is 0 Å². The molecule has 0 saturated heterocycles. The predicted molar refractivity (Wildman–Crippen MR) is 67.1 cm³/mol. The summed E-state index contributed by atoms with van der Waals surface area (Å²) in [6.45, 7) is 0.0997. The monoisotopic (exact) mass is 268 g/mol. The van der Waals surface area contributed by atoms with Gasteiger partial charge in [0.1, 0.15) is 24.3 Å². The Balaban J connectivity index is 1.68. The van der Waals surface area contributed by atoms with E-state index in [4.69, 9.17) is 10.5 Å². The van der Waals surface area contributed by atoms with Crippen LogP contribution in [0.3, 0.4) is 0 Å². The number of amides is 1. The van der Waals surface area contributed by atoms with Crippen molar-refractivity contribution in [2.45, 2.75) is 24.5 Å². The van der Waals surface area contributed by atoms with Crippen LogP contribution in [0.2, 0.25) is 0 Å². The number of carbonyl (C=O) groups excluding carboxylic acids is 1. The Morgan fingerprint density at radius 3 is 2.68 bits per heavy atom. The number of aliphatic hydroxyl groups is 1. The summed E-state index contributed by atoms with van der Waals surface area (Å²) >= 11 is 0. The van der Waals surface area contributed by atoms with Gasteiger partial charge in [0.15, 0.2) is 0 Å². The van der Waals surface area contributed by atoms with Gasteiger partial charge in [0, 0.05) is 6.54 Å². The summed E-state index contributed by atoms with van der Waals surface area (Å²) in [6, 6.07) is 5.49. The summed E-state index contributed by atoms with van der Waals surface area (Å²) in [6.07, 6.45) is 0.526. The number of aliphatic hydroxyl groups excluding tert-OH is 1. The second kappa shape index (κ2) is 5.54. The van der Waals surface area contributed by atoms with Crippen molar-refractivity contribution in [3.63, 3.8) is 0 Å². The van der Waals surface area contributed by atoms with Crippen molar-refractivity contribution in [1.29, 1.82) is 0 Å². The number of nitrogens with two attached hydrogens (primary N) is 1. The molecule has 1 aliphatic carbocycles. The molecule has 1 aromatic carbocycles. The lowest BCUT2D eigenvalue weighted by molar-refractivity contribution is -0.123. The summed E-state index contributed by atoms with van der Waals surface area (Å²) in [7, 11) is 0. The first kappa shape index (κ1) is 13.8. The molecule has 1 saturated carbocycles. The van der Waals surface area contributed by atoms with Gasteiger partial charge in [0.05, 0.1) is 5.54 Å². The van der Waals surface area contributed by atoms with Crippen molar-refractivity contribution < 1.29 is 19.0 Å². The molecule has 0 radical (unpaired) electrons. The van der Waals surface area contributed by atoms with Gasteiger partial charge < -0.3 is 20.9 Å². The van der Waals surface area contributed by atoms with Crippen LogP contribution in [0.25, 0.3) is 0 Å². The molecule has 5 nitrogen and oxygen atoms in total. The molecule has 0 spiro atoms. The number of carbonyl (C=O) groups is 1. The Kier molecular flexibility index (Phi) is 4.01. The van der Waals surface area contributed by atoms with Crippen molar-refractivity contribution in [3.05, 3.63) is 30.1 Å². The minimum absolute atomic E-state index is 0.0173. The number of nitrogens with one attached hydrogen (secondary N) is 1. The molecule has 1 unspecified atom stereocenters. The third-order valence-electron chi connectivity index (χ3n) is 3.00. The standard InChI is InChI=1S/C13H17FN2O3/c14-9-1-3-11(4-2-9)19-8-10(17)7-16-12(18)13(15)5-6-13/h1-4,10,17H,5-8,15H2,(H,16,18). The topological polar surface area (TPSA) is 84.6 Å². The Morgan fingerprint density at radius 2 is 2.11 bits per heavy atom. The van der Waals surface area contributed by atoms with Crippen LogP contribution in [0, 0.1) is 5.82 Å². The summed E-state index contributed by atoms with van der Waals surface area (Å²) in [4.78, 5) is 11.5. The normalized spacial score (nSPS) is 17.6. The lowest BCUT2D eigenvalue weighted by atomic mass is 10.2. The van der Waals surface area contributed by atoms with E-state index < -0.39 is 11.6 Å². The third-order valence-corrected chi connectivity index (χ3v) is 3.00. The molecule has 104 valence electrons. The zero-order valence-corrected chi connectivity index (χ0v) is 10.4. The maximum absolute atomic E-state index is 12.6. The van der Waals surface area contributed by atoms with Crippen molar-refractivity contribution in [2.24, 2.45) is 5.73 Å². The second-order valence-corrected chi connectivity index (χ2v) is 4.78. The minimum atomic E-state index is -0.837. The van der Waals surface area contributed by atoms with Crippen molar-refractivity contribution in [3.8, 4) is 5.75 Å². The highest BCUT2D eigenvalue weighted by Crippen LogP contribution is 2.31. The summed E-state index contributed by atoms with van der Waals surface area (Å²) < 4.78 is 17.9. The van der Waals surface area contributed by atoms with E-state index in [9.17, 15) is 14.3 Å². The predicted octanol–water partition coefficient (Wildman–Crippen LogP) is 0.173. The van der Waals surface area contributed by atoms with E-state index in [-0.39, 0.29) is 24.9 Å². The Hall–Kier alpha value is -1.66. The van der Waals surface area contributed by atoms with Crippen LogP contribution < -0.4 is 15.8 Å². The van der Waals surface area contributed by atoms with Crippen LogP contribution in [0.4, 0.5) is 4.39 Å². The quantitative estimate of drug-likeness (QED) is 0.687. The fraction of sp³-hybridized carbons (Fsp3) is 0.462. The van der Waals surface area contributed by atoms with Gasteiger partial charge in [-0.05, 0) is 37.1 Å². The van der Waals surface area contributed by atoms with Gasteiger partial charge in [-0.1, -0.05) is 0 Å². The first-order chi connectivity index (χ1) is 8.99. The van der Waals surface area contributed by atoms with Gasteiger partial charge in [-0.3, -0.25) is 4.79 Å². The lowest BCUT2D eigenvalue weighted by Crippen LogP contribution is -2.46. The lowest BCUT2D eigenvalue weighted by Gasteiger charge is -2.15. The number of halogens is 1. The highest BCUT2D eigenvalue weighted by molar-refractivity contribution is 5.88. The van der Waals surface area contributed by atoms with E-state index in [0.29, 0.717) is 18.6 Å². The Bertz CT molecular complexity index is 446. The molecule has 0 heterocycles. The maximum Gasteiger partial charge on any atom is 0.240 e. The van der Waals surface area contributed by atoms with Crippen LogP contribution in [-0.4, -0.2) is 35.8 Å². The first-order valence-corrected chi connectivity index (χ1v) is 6.13. The molecule has 6 heteroatoms. The number of hydrogen-bond donors (Lipinski definition) is 3. The zero-order chi connectivity index (χ0) is 13.9. The van der Waals surface area contributed by atoms with Crippen LogP contribution in [0.15, 0.2) is 24.3 Å². The maximum atomic E-state index is 12.6. The molecule has 4 N–H and O–H groups in total. The van der Waals surface area contributed by atoms with Crippen molar-refractivity contribution in [2.75, 3.05) is 13.2 Å². The molecule has 1 fully saturated rings. The molecule has 2 rings (SSSR count). The summed E-state index contributed by atoms with van der Waals surface area (Å²) in [5, 5.41) is 12.2. The molecular formula is C13H17FN2O3. The molecule has 1 amide bonds. The van der Waals surface area contributed by atoms with E-state index in [1.807, 2.05) is 0 Å². The fourth-order valence-corrected chi connectivity index (χ4v) is 1.53. The van der Waals surface area contributed by atoms with E-state index in [0.717, 1.165) is 0 Å². The van der Waals surface area contributed by atoms with Gasteiger partial charge in [-0.2, -0.15) is 0 Å². The van der Waals surface area contributed by atoms with Gasteiger partial charge in [-0.25, -0.2) is 4.39 Å². The Labute approximate surface area is 110 Å². The Morgan fingerprint density at radius 1 is 1.47 bits per heavy atom. The van der Waals surface area contributed by atoms with E-state index in [2.05, 4.69) is 5.32 Å². The minimum Gasteiger partial charge on any atom is -0.491 e. The molecule has 1 aliphatic rings. The highest BCUT2D eigenvalue weighted by atomic mass is 19.1. The van der Waals surface area contributed by atoms with Crippen molar-refractivity contribution in [1.82, 2.24) is 5.32 Å². The van der Waals surface area contributed by atoms with Crippen LogP contribution in [0.5, 0.6) is 5.75 Å². The van der Waals surface area contributed by atoms with Crippen LogP contribution >= 0.6 is 0 Å². The summed E-state index contributed by atoms with van der Waals surface area (Å²) in [5.74, 6) is -0.129. The molecule has 1 aromatic rings. The number of hydrogen-bond acceptors (Lipinski definition) is 4. The van der Waals surface area contributed by atoms with Crippen LogP contribution in [-0.2, 0) is 4.79 Å². The average Bonchev–Trinajstić information content (AvgIpc) is 3.14. The molecule has 19 heavy (non-hydrogen) atoms. The molecule has 1 atom stereocenters. The fourth-order valence-electron chi connectivity index (χ4n) is 1.53. The van der Waals surface area contributed by atoms with E-state index in [1.165, 1.54) is 24.3 Å². The average molecular weight is 268 g/mol. The molecular weight excluding hydrogens is 251 g/mol. The van der Waals surface area contributed by atoms with Gasteiger partial charge in [0.25, 0.3) is 0 Å². The first-order valence-electron chi connectivity index (χ1n) is 6.13. The van der Waals surface area contributed by atoms with Crippen LogP contribution in [0.1, 0.15) is 12.8 Å². The third kappa shape index (κ3) is 3.90. The largest absolute Gasteiger partial charge is 0.491 e. The molecule has 0 aliphatic heterocycles. The number of benzene rings is 1. The smallest absolute Gasteiger partial charge is 0.240 e. The van der Waals surface area contributed by atoms with Gasteiger partial charge in [0.2, 0.25) is 5.91 Å². The number of ether oxygens (including phenoxy) is 1. The zero-order valence-electron chi connectivity index (χ0n) is 10.4. The van der Waals surface area contributed by atoms with E-state index >= 15 is 0 Å². The number of rotatable bonds is 6. The van der Waals surface area contributed by atoms with E-state index in [1.54, 1.807) is 0 Å². The van der Waals surface area contributed by atoms with Crippen molar-refractivity contribution >= 4 is 5.91 Å². The highest BCUT2D eigenvalue weighted by Gasteiger charge is 2.45.